The average molecular weight is 415 g/mol. The summed E-state index contributed by atoms with van der Waals surface area (Å²) in [5.41, 5.74) is 3.17. The van der Waals surface area contributed by atoms with Gasteiger partial charge < -0.3 is 14.8 Å². The molecule has 0 spiro atoms. The molecule has 1 atom stereocenters. The lowest BCUT2D eigenvalue weighted by molar-refractivity contribution is -0.115. The molecule has 0 radical (unpaired) electrons. The minimum Gasteiger partial charge on any atom is -0.454 e. The molecule has 2 aromatic carbocycles. The van der Waals surface area contributed by atoms with E-state index in [0.717, 1.165) is 21.9 Å². The van der Waals surface area contributed by atoms with E-state index in [-0.39, 0.29) is 19.1 Å². The van der Waals surface area contributed by atoms with Crippen LogP contribution in [0.2, 0.25) is 0 Å². The highest BCUT2D eigenvalue weighted by atomic mass is 32.2. The Morgan fingerprint density at radius 3 is 2.89 bits per heavy atom. The van der Waals surface area contributed by atoms with Crippen LogP contribution in [0.3, 0.4) is 0 Å². The molecular formula is C20H18N2O4S2. The zero-order chi connectivity index (χ0) is 19.5. The summed E-state index contributed by atoms with van der Waals surface area (Å²) in [6.45, 7) is 0.231. The fraction of sp³-hybridized carbons (Fsp3) is 0.200. The fourth-order valence-electron chi connectivity index (χ4n) is 2.90. The van der Waals surface area contributed by atoms with Crippen molar-refractivity contribution in [2.24, 2.45) is 0 Å². The summed E-state index contributed by atoms with van der Waals surface area (Å²) in [7, 11) is -0.979. The van der Waals surface area contributed by atoms with Crippen LogP contribution >= 0.6 is 11.3 Å². The lowest BCUT2D eigenvalue weighted by Crippen LogP contribution is -2.16. The summed E-state index contributed by atoms with van der Waals surface area (Å²) < 4.78 is 22.3. The van der Waals surface area contributed by atoms with Crippen LogP contribution in [0.15, 0.2) is 47.8 Å². The molecule has 1 aliphatic heterocycles. The second-order valence-corrected chi connectivity index (χ2v) is 8.60. The Balaban J connectivity index is 1.44. The van der Waals surface area contributed by atoms with E-state index in [9.17, 15) is 9.00 Å². The van der Waals surface area contributed by atoms with Gasteiger partial charge in [0.05, 0.1) is 17.9 Å². The molecule has 0 aliphatic carbocycles. The summed E-state index contributed by atoms with van der Waals surface area (Å²) in [5, 5.41) is 5.61. The van der Waals surface area contributed by atoms with Crippen LogP contribution in [0.1, 0.15) is 11.3 Å². The van der Waals surface area contributed by atoms with E-state index in [1.165, 1.54) is 11.3 Å². The van der Waals surface area contributed by atoms with Gasteiger partial charge in [0.25, 0.3) is 0 Å². The number of nitrogens with one attached hydrogen (secondary N) is 1. The lowest BCUT2D eigenvalue weighted by atomic mass is 10.2. The molecule has 1 N–H and O–H groups in total. The van der Waals surface area contributed by atoms with Gasteiger partial charge in [-0.2, -0.15) is 0 Å². The average Bonchev–Trinajstić information content (AvgIpc) is 3.31. The van der Waals surface area contributed by atoms with Crippen molar-refractivity contribution < 1.29 is 18.5 Å². The van der Waals surface area contributed by atoms with Gasteiger partial charge in [-0.3, -0.25) is 9.00 Å². The van der Waals surface area contributed by atoms with Crippen molar-refractivity contribution in [2.75, 3.05) is 18.4 Å². The van der Waals surface area contributed by atoms with Crippen molar-refractivity contribution in [3.63, 3.8) is 0 Å². The number of carbonyl (C=O) groups is 1. The van der Waals surface area contributed by atoms with E-state index < -0.39 is 10.8 Å². The molecule has 8 heteroatoms. The minimum atomic E-state index is -0.979. The van der Waals surface area contributed by atoms with Gasteiger partial charge in [-0.15, -0.1) is 11.3 Å². The van der Waals surface area contributed by atoms with Crippen LogP contribution in [0.5, 0.6) is 11.5 Å². The predicted octanol–water partition coefficient (Wildman–Crippen LogP) is 3.60. The van der Waals surface area contributed by atoms with E-state index in [1.54, 1.807) is 6.26 Å². The second-order valence-electron chi connectivity index (χ2n) is 6.31. The highest BCUT2D eigenvalue weighted by Crippen LogP contribution is 2.36. The number of aromatic nitrogens is 1. The molecule has 4 rings (SSSR count). The number of rotatable bonds is 6. The third-order valence-corrected chi connectivity index (χ3v) is 5.82. The molecule has 0 saturated heterocycles. The fourth-order valence-corrected chi connectivity index (χ4v) is 4.40. The number of hydrogen-bond donors (Lipinski definition) is 1. The van der Waals surface area contributed by atoms with Gasteiger partial charge in [-0.25, -0.2) is 4.98 Å². The van der Waals surface area contributed by atoms with Gasteiger partial charge in [0.2, 0.25) is 12.7 Å². The Morgan fingerprint density at radius 2 is 2.04 bits per heavy atom. The number of amides is 1. The zero-order valence-electron chi connectivity index (χ0n) is 15.1. The van der Waals surface area contributed by atoms with Crippen molar-refractivity contribution in [3.8, 4) is 22.1 Å². The first-order valence-corrected chi connectivity index (χ1v) is 11.2. The lowest BCUT2D eigenvalue weighted by Gasteiger charge is -2.09. The minimum absolute atomic E-state index is 0.156. The van der Waals surface area contributed by atoms with E-state index in [0.29, 0.717) is 22.9 Å². The Morgan fingerprint density at radius 1 is 1.21 bits per heavy atom. The van der Waals surface area contributed by atoms with Gasteiger partial charge in [0.1, 0.15) is 5.01 Å². The summed E-state index contributed by atoms with van der Waals surface area (Å²) in [6, 6.07) is 13.1. The molecule has 144 valence electrons. The van der Waals surface area contributed by atoms with Crippen molar-refractivity contribution in [3.05, 3.63) is 59.1 Å². The summed E-state index contributed by atoms with van der Waals surface area (Å²) in [4.78, 5) is 17.0. The number of carbonyl (C=O) groups excluding carboxylic acids is 1. The molecule has 1 aromatic heterocycles. The second kappa shape index (κ2) is 8.12. The Kier molecular flexibility index (Phi) is 5.40. The molecule has 1 aliphatic rings. The van der Waals surface area contributed by atoms with Gasteiger partial charge in [0.15, 0.2) is 11.5 Å². The number of thiazole rings is 1. The molecule has 6 nitrogen and oxygen atoms in total. The van der Waals surface area contributed by atoms with Gasteiger partial charge in [0, 0.05) is 33.7 Å². The molecule has 0 bridgehead atoms. The maximum absolute atomic E-state index is 12.5. The Labute approximate surface area is 169 Å². The number of nitrogens with zero attached hydrogens (tertiary/aromatic N) is 1. The highest BCUT2D eigenvalue weighted by Gasteiger charge is 2.16. The SMILES string of the molecule is C[S@@](=O)Cc1ccccc1NC(=O)Cc1csc(-c2ccc3c(c2)OCO3)n1. The van der Waals surface area contributed by atoms with Crippen LogP contribution < -0.4 is 14.8 Å². The van der Waals surface area contributed by atoms with E-state index in [4.69, 9.17) is 9.47 Å². The highest BCUT2D eigenvalue weighted by molar-refractivity contribution is 7.83. The number of hydrogen-bond acceptors (Lipinski definition) is 6. The van der Waals surface area contributed by atoms with Gasteiger partial charge in [-0.05, 0) is 29.8 Å². The predicted molar refractivity (Wildman–Crippen MR) is 110 cm³/mol. The molecule has 1 amide bonds. The Hall–Kier alpha value is -2.71. The van der Waals surface area contributed by atoms with Gasteiger partial charge >= 0.3 is 0 Å². The van der Waals surface area contributed by atoms with Crippen molar-refractivity contribution >= 4 is 33.7 Å². The van der Waals surface area contributed by atoms with Gasteiger partial charge in [-0.1, -0.05) is 18.2 Å². The molecule has 0 saturated carbocycles. The Bertz CT molecular complexity index is 1050. The van der Waals surface area contributed by atoms with E-state index in [1.807, 2.05) is 47.8 Å². The molecule has 0 fully saturated rings. The summed E-state index contributed by atoms with van der Waals surface area (Å²) in [5.74, 6) is 1.68. The summed E-state index contributed by atoms with van der Waals surface area (Å²) in [6.07, 6.45) is 1.82. The topological polar surface area (TPSA) is 77.5 Å². The third kappa shape index (κ3) is 4.23. The first-order valence-electron chi connectivity index (χ1n) is 8.61. The number of benzene rings is 2. The first kappa shape index (κ1) is 18.6. The van der Waals surface area contributed by atoms with Crippen LogP contribution in [-0.4, -0.2) is 28.1 Å². The van der Waals surface area contributed by atoms with Crippen molar-refractivity contribution in [2.45, 2.75) is 12.2 Å². The van der Waals surface area contributed by atoms with Crippen LogP contribution in [0.4, 0.5) is 5.69 Å². The molecule has 0 unspecified atom stereocenters. The molecule has 3 aromatic rings. The third-order valence-electron chi connectivity index (χ3n) is 4.16. The van der Waals surface area contributed by atoms with E-state index in [2.05, 4.69) is 10.3 Å². The molecule has 2 heterocycles. The van der Waals surface area contributed by atoms with Crippen LogP contribution in [0.25, 0.3) is 10.6 Å². The number of fused-ring (bicyclic) bond motifs is 1. The smallest absolute Gasteiger partial charge is 0.231 e. The standard InChI is InChI=1S/C20H18N2O4S2/c1-28(24)11-14-4-2-3-5-16(14)22-19(23)9-15-10-27-20(21-15)13-6-7-17-18(8-13)26-12-25-17/h2-8,10H,9,11-12H2,1H3,(H,22,23)/t28-/m1/s1. The monoisotopic (exact) mass is 414 g/mol. The molecule has 28 heavy (non-hydrogen) atoms. The summed E-state index contributed by atoms with van der Waals surface area (Å²) >= 11 is 1.48. The zero-order valence-corrected chi connectivity index (χ0v) is 16.8. The first-order chi connectivity index (χ1) is 13.6. The van der Waals surface area contributed by atoms with Crippen LogP contribution in [-0.2, 0) is 27.8 Å². The number of anilines is 1. The largest absolute Gasteiger partial charge is 0.454 e. The maximum Gasteiger partial charge on any atom is 0.231 e. The maximum atomic E-state index is 12.5. The normalized spacial score (nSPS) is 13.3. The molecular weight excluding hydrogens is 396 g/mol. The van der Waals surface area contributed by atoms with E-state index >= 15 is 0 Å². The van der Waals surface area contributed by atoms with Crippen molar-refractivity contribution in [1.29, 1.82) is 0 Å². The number of para-hydroxylation sites is 1. The number of ether oxygens (including phenoxy) is 2. The quantitative estimate of drug-likeness (QED) is 0.667. The van der Waals surface area contributed by atoms with Crippen molar-refractivity contribution in [1.82, 2.24) is 4.98 Å². The van der Waals surface area contributed by atoms with Crippen LogP contribution in [0, 0.1) is 0 Å².